The minimum atomic E-state index is 0. The average molecular weight is 594 g/mol. The van der Waals surface area contributed by atoms with E-state index in [-0.39, 0.29) is 70.8 Å². The van der Waals surface area contributed by atoms with Crippen molar-refractivity contribution in [2.45, 2.75) is 125 Å². The third-order valence-corrected chi connectivity index (χ3v) is 8.62. The summed E-state index contributed by atoms with van der Waals surface area (Å²) in [5, 5.41) is 0. The van der Waals surface area contributed by atoms with Gasteiger partial charge in [-0.05, 0) is 54.3 Å². The van der Waals surface area contributed by atoms with Crippen molar-refractivity contribution < 1.29 is 65.4 Å². The van der Waals surface area contributed by atoms with Gasteiger partial charge in [0, 0.05) is 65.4 Å². The minimum absolute atomic E-state index is 0. The zero-order valence-electron chi connectivity index (χ0n) is 22.9. The first-order chi connectivity index (χ1) is 13.8. The molecule has 3 aliphatic carbocycles. The number of hydrogen-bond donors (Lipinski definition) is 0. The van der Waals surface area contributed by atoms with Crippen molar-refractivity contribution in [3.8, 4) is 0 Å². The van der Waals surface area contributed by atoms with Crippen LogP contribution in [-0.2, 0) is 65.4 Å². The van der Waals surface area contributed by atoms with E-state index >= 15 is 0 Å². The molecule has 3 rings (SSSR count). The van der Waals surface area contributed by atoms with Crippen LogP contribution in [-0.4, -0.2) is 0 Å². The van der Waals surface area contributed by atoms with E-state index in [4.69, 9.17) is 0 Å². The average Bonchev–Trinajstić information content (AvgIpc) is 2.78. The van der Waals surface area contributed by atoms with Gasteiger partial charge in [0.1, 0.15) is 0 Å². The third-order valence-electron chi connectivity index (χ3n) is 8.62. The van der Waals surface area contributed by atoms with Crippen molar-refractivity contribution in [1.82, 2.24) is 0 Å². The van der Waals surface area contributed by atoms with Gasteiger partial charge in [0.05, 0.1) is 0 Å². The maximum absolute atomic E-state index is 4.35. The van der Waals surface area contributed by atoms with Crippen LogP contribution in [0.15, 0.2) is 0 Å². The third kappa shape index (κ3) is 11.1. The van der Waals surface area contributed by atoms with Crippen LogP contribution >= 0.6 is 0 Å². The number of rotatable bonds is 4. The van der Waals surface area contributed by atoms with Gasteiger partial charge in [-0.2, -0.15) is 17.3 Å². The van der Waals surface area contributed by atoms with E-state index in [0.29, 0.717) is 16.7 Å². The Hall–Kier alpha value is 2.21. The van der Waals surface area contributed by atoms with Gasteiger partial charge < -0.3 is 20.8 Å². The molecule has 2 heteroatoms. The molecule has 32 heavy (non-hydrogen) atoms. The summed E-state index contributed by atoms with van der Waals surface area (Å²) in [6.07, 6.45) is 18.4. The van der Waals surface area contributed by atoms with Crippen LogP contribution in [0.4, 0.5) is 0 Å². The Labute approximate surface area is 254 Å². The van der Waals surface area contributed by atoms with Gasteiger partial charge in [-0.3, -0.25) is 0 Å². The molecule has 0 heterocycles. The second-order valence-electron chi connectivity index (χ2n) is 13.5. The van der Waals surface area contributed by atoms with Crippen LogP contribution in [0, 0.1) is 66.6 Å². The fourth-order valence-electron chi connectivity index (χ4n) is 8.08. The van der Waals surface area contributed by atoms with Gasteiger partial charge in [-0.25, -0.2) is 0 Å². The fraction of sp³-hybridized carbons (Fsp3) is 0.900. The van der Waals surface area contributed by atoms with Gasteiger partial charge in [-0.1, -0.05) is 99.3 Å². The summed E-state index contributed by atoms with van der Waals surface area (Å²) in [5.74, 6) is 4.06. The molecule has 1 spiro atoms. The Morgan fingerprint density at radius 3 is 2.03 bits per heavy atom. The molecule has 0 nitrogen and oxygen atoms in total. The predicted molar refractivity (Wildman–Crippen MR) is 135 cm³/mol. The zero-order valence-corrected chi connectivity index (χ0v) is 28.5. The molecule has 0 aliphatic heterocycles. The Morgan fingerprint density at radius 1 is 0.906 bits per heavy atom. The van der Waals surface area contributed by atoms with Crippen molar-refractivity contribution in [1.29, 1.82) is 0 Å². The van der Waals surface area contributed by atoms with E-state index in [1.54, 1.807) is 0 Å². The summed E-state index contributed by atoms with van der Waals surface area (Å²) in [4.78, 5) is 0. The Morgan fingerprint density at radius 2 is 1.53 bits per heavy atom. The number of hydrogen-bond acceptors (Lipinski definition) is 0. The molecule has 0 bridgehead atoms. The maximum atomic E-state index is 4.35. The molecule has 7 unspecified atom stereocenters. The standard InChI is InChI=1S/C15H27.C15H28.2Y/c1-12-6-4-5-7-15(9-12)10-13(2)8-14(3)11-15;1-12(2)10-15(11-14(4,5)6)9-7-8-13(15)3;;/h12-14H,2,4-11H2,1,3H3;12-13H,1,4,7-11H2,2-3,5-6H3;;/q-1;-2;;. The van der Waals surface area contributed by atoms with Crippen LogP contribution in [0.25, 0.3) is 0 Å². The van der Waals surface area contributed by atoms with Crippen molar-refractivity contribution in [3.63, 3.8) is 0 Å². The molecule has 7 atom stereocenters. The molecule has 0 N–H and O–H groups in total. The van der Waals surface area contributed by atoms with Gasteiger partial charge in [0.2, 0.25) is 0 Å². The maximum Gasteiger partial charge on any atom is 0 e. The van der Waals surface area contributed by atoms with E-state index < -0.39 is 0 Å². The first-order valence-electron chi connectivity index (χ1n) is 13.4. The van der Waals surface area contributed by atoms with E-state index in [1.165, 1.54) is 83.5 Å². The van der Waals surface area contributed by atoms with Crippen LogP contribution < -0.4 is 0 Å². The quantitative estimate of drug-likeness (QED) is 0.285. The summed E-state index contributed by atoms with van der Waals surface area (Å²) in [6, 6.07) is 0. The minimum Gasteiger partial charge on any atom is -0.341 e. The summed E-state index contributed by atoms with van der Waals surface area (Å²) >= 11 is 0. The van der Waals surface area contributed by atoms with Gasteiger partial charge in [-0.15, -0.1) is 0 Å². The van der Waals surface area contributed by atoms with E-state index in [1.807, 2.05) is 0 Å². The first-order valence-corrected chi connectivity index (χ1v) is 13.4. The molecule has 3 fully saturated rings. The molecular weight excluding hydrogens is 538 g/mol. The zero-order chi connectivity index (χ0) is 22.6. The molecular formula is C30H55Y2-3. The topological polar surface area (TPSA) is 0 Å². The van der Waals surface area contributed by atoms with E-state index in [2.05, 4.69) is 62.3 Å². The van der Waals surface area contributed by atoms with Crippen LogP contribution in [0.1, 0.15) is 125 Å². The molecule has 0 aromatic rings. The van der Waals surface area contributed by atoms with Gasteiger partial charge in [0.25, 0.3) is 0 Å². The molecule has 2 radical (unpaired) electrons. The van der Waals surface area contributed by atoms with Crippen LogP contribution in [0.5, 0.6) is 0 Å². The molecule has 3 saturated carbocycles. The van der Waals surface area contributed by atoms with Gasteiger partial charge >= 0.3 is 0 Å². The molecule has 184 valence electrons. The predicted octanol–water partition coefficient (Wildman–Crippen LogP) is 9.74. The van der Waals surface area contributed by atoms with Crippen molar-refractivity contribution >= 4 is 0 Å². The molecule has 0 aromatic carbocycles. The molecule has 0 saturated heterocycles. The largest absolute Gasteiger partial charge is 0.341 e. The summed E-state index contributed by atoms with van der Waals surface area (Å²) in [7, 11) is 0. The molecule has 3 aliphatic rings. The Kier molecular flexibility index (Phi) is 15.8. The Bertz CT molecular complexity index is 495. The summed E-state index contributed by atoms with van der Waals surface area (Å²) in [5.41, 5.74) is 1.44. The SMILES string of the molecule is [CH2-]C(C)CC1(CC([CH2-])(C)C)CCCC1C.[CH2-]C1CC(C)CC2(CCCCC(C)C2)C1.[Y].[Y]. The molecule has 0 amide bonds. The van der Waals surface area contributed by atoms with Gasteiger partial charge in [0.15, 0.2) is 0 Å². The second-order valence-corrected chi connectivity index (χ2v) is 13.5. The smallest absolute Gasteiger partial charge is 0 e. The molecule has 0 aromatic heterocycles. The monoisotopic (exact) mass is 593 g/mol. The fourth-order valence-corrected chi connectivity index (χ4v) is 8.08. The van der Waals surface area contributed by atoms with Crippen molar-refractivity contribution in [2.75, 3.05) is 0 Å². The van der Waals surface area contributed by atoms with E-state index in [0.717, 1.165) is 23.7 Å². The van der Waals surface area contributed by atoms with Crippen LogP contribution in [0.3, 0.4) is 0 Å². The van der Waals surface area contributed by atoms with E-state index in [9.17, 15) is 0 Å². The van der Waals surface area contributed by atoms with Crippen molar-refractivity contribution in [2.24, 2.45) is 45.8 Å². The normalized spacial score (nSPS) is 38.5. The van der Waals surface area contributed by atoms with Crippen LogP contribution in [0.2, 0.25) is 0 Å². The Balaban J connectivity index is 0.000000565. The van der Waals surface area contributed by atoms with Crippen molar-refractivity contribution in [3.05, 3.63) is 20.8 Å². The summed E-state index contributed by atoms with van der Waals surface area (Å²) in [6.45, 7) is 27.0. The summed E-state index contributed by atoms with van der Waals surface area (Å²) < 4.78 is 0. The second kappa shape index (κ2) is 14.8. The first kappa shape index (κ1) is 34.2.